The molecule has 0 aliphatic rings. The smallest absolute Gasteiger partial charge is 0.163 e. The molecule has 3 nitrogen and oxygen atoms in total. The molecule has 1 N–H and O–H groups in total. The number of thiophene rings is 1. The summed E-state index contributed by atoms with van der Waals surface area (Å²) >= 11 is 2.69. The number of hydrogen-bond donors (Lipinski definition) is 1. The molecule has 0 radical (unpaired) electrons. The minimum atomic E-state index is -0.168. The zero-order valence-electron chi connectivity index (χ0n) is 7.57. The van der Waals surface area contributed by atoms with Crippen LogP contribution in [0.5, 0.6) is 5.75 Å². The molecule has 0 aliphatic heterocycles. The third kappa shape index (κ3) is 2.01. The van der Waals surface area contributed by atoms with Crippen LogP contribution in [0.1, 0.15) is 23.8 Å². The maximum Gasteiger partial charge on any atom is 0.163 e. The average Bonchev–Trinajstić information content (AvgIpc) is 2.51. The van der Waals surface area contributed by atoms with Crippen molar-refractivity contribution in [3.63, 3.8) is 0 Å². The van der Waals surface area contributed by atoms with Gasteiger partial charge >= 0.3 is 0 Å². The van der Waals surface area contributed by atoms with Crippen LogP contribution >= 0.6 is 23.1 Å². The fourth-order valence-corrected chi connectivity index (χ4v) is 2.96. The molecule has 72 valence electrons. The normalized spacial score (nSPS) is 9.36. The number of thioether (sulfide) groups is 1. The number of hydrogen-bond acceptors (Lipinski definition) is 5. The van der Waals surface area contributed by atoms with E-state index in [1.54, 1.807) is 0 Å². The fraction of sp³-hybridized carbons (Fsp3) is 0.333. The van der Waals surface area contributed by atoms with Crippen LogP contribution in [0.25, 0.3) is 0 Å². The van der Waals surface area contributed by atoms with Gasteiger partial charge in [0.15, 0.2) is 5.75 Å². The van der Waals surface area contributed by atoms with Gasteiger partial charge in [-0.3, -0.25) is 0 Å². The second kappa shape index (κ2) is 4.90. The van der Waals surface area contributed by atoms with Gasteiger partial charge in [-0.1, -0.05) is 6.92 Å². The number of rotatable bonds is 3. The minimum absolute atomic E-state index is 0.168. The molecule has 0 amide bonds. The van der Waals surface area contributed by atoms with Gasteiger partial charge in [-0.05, 0) is 12.2 Å². The number of nitriles is 2. The van der Waals surface area contributed by atoms with E-state index in [1.165, 1.54) is 23.1 Å². The lowest BCUT2D eigenvalue weighted by Gasteiger charge is -1.94. The van der Waals surface area contributed by atoms with Crippen LogP contribution in [0.15, 0.2) is 4.21 Å². The quantitative estimate of drug-likeness (QED) is 0.801. The average molecular weight is 224 g/mol. The highest BCUT2D eigenvalue weighted by molar-refractivity contribution is 8.01. The first-order chi connectivity index (χ1) is 6.74. The molecule has 5 heteroatoms. The van der Waals surface area contributed by atoms with Crippen molar-refractivity contribution in [1.82, 2.24) is 0 Å². The molecule has 0 aliphatic carbocycles. The summed E-state index contributed by atoms with van der Waals surface area (Å²) in [5.41, 5.74) is 0.241. The Hall–Kier alpha value is -1.17. The van der Waals surface area contributed by atoms with Gasteiger partial charge in [-0.15, -0.1) is 23.1 Å². The predicted octanol–water partition coefficient (Wildman–Crippen LogP) is 2.70. The van der Waals surface area contributed by atoms with Crippen molar-refractivity contribution in [3.05, 3.63) is 10.4 Å². The molecule has 1 aromatic heterocycles. The third-order valence-corrected chi connectivity index (χ3v) is 4.06. The molecule has 0 spiro atoms. The Labute approximate surface area is 90.6 Å². The molecular formula is C9H8N2OS2. The molecule has 0 fully saturated rings. The lowest BCUT2D eigenvalue weighted by molar-refractivity contribution is 0.474. The lowest BCUT2D eigenvalue weighted by atomic mass is 10.3. The minimum Gasteiger partial charge on any atom is -0.504 e. The Balaban J connectivity index is 3.06. The summed E-state index contributed by atoms with van der Waals surface area (Å²) in [6, 6.07) is 3.79. The van der Waals surface area contributed by atoms with E-state index in [1.807, 2.05) is 19.1 Å². The molecule has 1 rings (SSSR count). The van der Waals surface area contributed by atoms with Gasteiger partial charge in [0.25, 0.3) is 0 Å². The van der Waals surface area contributed by atoms with Crippen molar-refractivity contribution < 1.29 is 5.11 Å². The molecule has 0 bridgehead atoms. The maximum absolute atomic E-state index is 9.46. The van der Waals surface area contributed by atoms with Gasteiger partial charge < -0.3 is 5.11 Å². The second-order valence-corrected chi connectivity index (χ2v) is 4.90. The van der Waals surface area contributed by atoms with Gasteiger partial charge in [0.05, 0.1) is 4.21 Å². The molecular weight excluding hydrogens is 216 g/mol. The second-order valence-electron chi connectivity index (χ2n) is 2.51. The van der Waals surface area contributed by atoms with E-state index >= 15 is 0 Å². The van der Waals surface area contributed by atoms with E-state index in [0.29, 0.717) is 0 Å². The topological polar surface area (TPSA) is 67.8 Å². The Morgan fingerprint density at radius 3 is 2.64 bits per heavy atom. The Morgan fingerprint density at radius 2 is 2.14 bits per heavy atom. The van der Waals surface area contributed by atoms with Crippen LogP contribution in [-0.2, 0) is 0 Å². The summed E-state index contributed by atoms with van der Waals surface area (Å²) in [4.78, 5) is 0.222. The first-order valence-corrected chi connectivity index (χ1v) is 5.83. The van der Waals surface area contributed by atoms with Gasteiger partial charge in [0.1, 0.15) is 22.6 Å². The Morgan fingerprint density at radius 1 is 1.43 bits per heavy atom. The summed E-state index contributed by atoms with van der Waals surface area (Å²) in [7, 11) is 0. The van der Waals surface area contributed by atoms with Crippen molar-refractivity contribution in [2.45, 2.75) is 17.6 Å². The SMILES string of the molecule is CCCSc1sc(C#N)c(O)c1C#N. The van der Waals surface area contributed by atoms with Crippen LogP contribution in [0.4, 0.5) is 0 Å². The van der Waals surface area contributed by atoms with Gasteiger partial charge in [0.2, 0.25) is 0 Å². The highest BCUT2D eigenvalue weighted by Gasteiger charge is 2.17. The lowest BCUT2D eigenvalue weighted by Crippen LogP contribution is -1.76. The molecule has 0 unspecified atom stereocenters. The Kier molecular flexibility index (Phi) is 3.82. The summed E-state index contributed by atoms with van der Waals surface area (Å²) in [5, 5.41) is 26.9. The van der Waals surface area contributed by atoms with E-state index in [2.05, 4.69) is 0 Å². The van der Waals surface area contributed by atoms with Crippen LogP contribution in [0, 0.1) is 22.7 Å². The molecule has 1 heterocycles. The fourth-order valence-electron chi connectivity index (χ4n) is 0.873. The van der Waals surface area contributed by atoms with Gasteiger partial charge in [-0.2, -0.15) is 10.5 Å². The van der Waals surface area contributed by atoms with E-state index in [9.17, 15) is 5.11 Å². The van der Waals surface area contributed by atoms with Crippen LogP contribution < -0.4 is 0 Å². The van der Waals surface area contributed by atoms with Gasteiger partial charge in [0, 0.05) is 0 Å². The zero-order chi connectivity index (χ0) is 10.6. The van der Waals surface area contributed by atoms with Crippen molar-refractivity contribution in [1.29, 1.82) is 10.5 Å². The number of nitrogens with zero attached hydrogens (tertiary/aromatic N) is 2. The zero-order valence-corrected chi connectivity index (χ0v) is 9.21. The first kappa shape index (κ1) is 10.9. The van der Waals surface area contributed by atoms with Crippen molar-refractivity contribution >= 4 is 23.1 Å². The largest absolute Gasteiger partial charge is 0.504 e. The molecule has 14 heavy (non-hydrogen) atoms. The number of aromatic hydroxyl groups is 1. The highest BCUT2D eigenvalue weighted by Crippen LogP contribution is 2.39. The highest BCUT2D eigenvalue weighted by atomic mass is 32.2. The first-order valence-electron chi connectivity index (χ1n) is 4.03. The van der Waals surface area contributed by atoms with E-state index in [-0.39, 0.29) is 16.2 Å². The summed E-state index contributed by atoms with van der Waals surface area (Å²) in [5.74, 6) is 0.720. The Bertz CT molecular complexity index is 412. The van der Waals surface area contributed by atoms with Crippen molar-refractivity contribution in [2.75, 3.05) is 5.75 Å². The van der Waals surface area contributed by atoms with Gasteiger partial charge in [-0.25, -0.2) is 0 Å². The maximum atomic E-state index is 9.46. The van der Waals surface area contributed by atoms with E-state index in [4.69, 9.17) is 10.5 Å². The van der Waals surface area contributed by atoms with E-state index < -0.39 is 0 Å². The van der Waals surface area contributed by atoms with Crippen LogP contribution in [-0.4, -0.2) is 10.9 Å². The summed E-state index contributed by atoms with van der Waals surface area (Å²) < 4.78 is 0.739. The predicted molar refractivity (Wildman–Crippen MR) is 56.4 cm³/mol. The van der Waals surface area contributed by atoms with Crippen molar-refractivity contribution in [3.8, 4) is 17.9 Å². The molecule has 0 atom stereocenters. The molecule has 1 aromatic rings. The van der Waals surface area contributed by atoms with Crippen LogP contribution in [0.2, 0.25) is 0 Å². The molecule has 0 aromatic carbocycles. The molecule has 0 saturated carbocycles. The van der Waals surface area contributed by atoms with E-state index in [0.717, 1.165) is 16.4 Å². The summed E-state index contributed by atoms with van der Waals surface area (Å²) in [6.07, 6.45) is 0.996. The molecule has 0 saturated heterocycles. The van der Waals surface area contributed by atoms with Crippen molar-refractivity contribution in [2.24, 2.45) is 0 Å². The monoisotopic (exact) mass is 224 g/mol. The van der Waals surface area contributed by atoms with Crippen LogP contribution in [0.3, 0.4) is 0 Å². The standard InChI is InChI=1S/C9H8N2OS2/c1-2-3-13-9-6(4-10)8(12)7(5-11)14-9/h12H,2-3H2,1H3. The third-order valence-electron chi connectivity index (χ3n) is 1.50. The summed E-state index contributed by atoms with van der Waals surface area (Å²) in [6.45, 7) is 2.04.